The summed E-state index contributed by atoms with van der Waals surface area (Å²) in [5.74, 6) is 0. The van der Waals surface area contributed by atoms with Gasteiger partial charge in [-0.15, -0.1) is 0 Å². The Hall–Kier alpha value is 0.347. The van der Waals surface area contributed by atoms with Crippen LogP contribution < -0.4 is 0 Å². The molecule has 0 aromatic heterocycles. The first-order chi connectivity index (χ1) is 10.3. The first-order valence-corrected chi connectivity index (χ1v) is 13.3. The van der Waals surface area contributed by atoms with E-state index in [1.54, 1.807) is 0 Å². The van der Waals surface area contributed by atoms with Crippen molar-refractivity contribution < 1.29 is 9.53 Å². The van der Waals surface area contributed by atoms with Crippen LogP contribution in [0.25, 0.3) is 0 Å². The highest BCUT2D eigenvalue weighted by Crippen LogP contribution is 2.66. The van der Waals surface area contributed by atoms with Gasteiger partial charge in [0.15, 0.2) is 8.32 Å². The molecule has 1 spiro atoms. The van der Waals surface area contributed by atoms with Crippen LogP contribution in [0, 0.1) is 5.41 Å². The van der Waals surface area contributed by atoms with Crippen molar-refractivity contribution in [3.05, 3.63) is 22.8 Å². The zero-order valence-corrected chi connectivity index (χ0v) is 17.5. The van der Waals surface area contributed by atoms with Crippen LogP contribution in [0.4, 0.5) is 0 Å². The summed E-state index contributed by atoms with van der Waals surface area (Å²) in [6, 6.07) is 1.07. The standard InChI is InChI=1S/C18H29IO2Si/c1-13-14(7-5-6-11-19)15-8-12-22(3,4)21-16(15)17(2,20)18(13)9-10-18/h8,16,20H,5-7,9-12H2,1-4H3/t16-,17-/m0/s1. The van der Waals surface area contributed by atoms with Gasteiger partial charge in [0.05, 0.1) is 6.10 Å². The van der Waals surface area contributed by atoms with Gasteiger partial charge in [0.2, 0.25) is 0 Å². The number of allylic oxidation sites excluding steroid dienone is 1. The van der Waals surface area contributed by atoms with Crippen molar-refractivity contribution in [3.63, 3.8) is 0 Å². The molecule has 2 nitrogen and oxygen atoms in total. The molecule has 1 fully saturated rings. The van der Waals surface area contributed by atoms with Crippen molar-refractivity contribution in [1.82, 2.24) is 0 Å². The zero-order valence-electron chi connectivity index (χ0n) is 14.3. The third kappa shape index (κ3) is 2.58. The first-order valence-electron chi connectivity index (χ1n) is 8.62. The third-order valence-corrected chi connectivity index (χ3v) is 8.92. The molecular formula is C18H29IO2Si. The van der Waals surface area contributed by atoms with Crippen LogP contribution in [0.1, 0.15) is 46.0 Å². The Morgan fingerprint density at radius 2 is 2.05 bits per heavy atom. The van der Waals surface area contributed by atoms with Crippen LogP contribution in [-0.2, 0) is 4.43 Å². The molecule has 0 aromatic rings. The minimum atomic E-state index is -1.67. The van der Waals surface area contributed by atoms with Crippen molar-refractivity contribution in [2.45, 2.75) is 76.8 Å². The molecule has 2 atom stereocenters. The molecule has 0 bridgehead atoms. The molecular weight excluding hydrogens is 403 g/mol. The van der Waals surface area contributed by atoms with Gasteiger partial charge < -0.3 is 9.53 Å². The Kier molecular flexibility index (Phi) is 4.46. The fraction of sp³-hybridized carbons (Fsp3) is 0.778. The van der Waals surface area contributed by atoms with Crippen LogP contribution in [-0.4, -0.2) is 29.6 Å². The predicted molar refractivity (Wildman–Crippen MR) is 103 cm³/mol. The molecule has 0 aromatic carbocycles. The lowest BCUT2D eigenvalue weighted by Gasteiger charge is -2.51. The lowest BCUT2D eigenvalue weighted by atomic mass is 9.65. The van der Waals surface area contributed by atoms with E-state index in [-0.39, 0.29) is 11.5 Å². The lowest BCUT2D eigenvalue weighted by molar-refractivity contribution is -0.0839. The van der Waals surface area contributed by atoms with E-state index in [0.717, 1.165) is 25.3 Å². The number of alkyl halides is 1. The highest BCUT2D eigenvalue weighted by atomic mass is 127. The van der Waals surface area contributed by atoms with Gasteiger partial charge in [-0.3, -0.25) is 0 Å². The number of fused-ring (bicyclic) bond motifs is 1. The average molecular weight is 432 g/mol. The van der Waals surface area contributed by atoms with E-state index in [2.05, 4.69) is 48.7 Å². The van der Waals surface area contributed by atoms with Crippen molar-refractivity contribution >= 4 is 30.9 Å². The molecule has 1 saturated carbocycles. The van der Waals surface area contributed by atoms with Crippen LogP contribution in [0.3, 0.4) is 0 Å². The molecule has 0 radical (unpaired) electrons. The van der Waals surface area contributed by atoms with E-state index >= 15 is 0 Å². The topological polar surface area (TPSA) is 29.5 Å². The minimum absolute atomic E-state index is 0.00349. The Bertz CT molecular complexity index is 529. The summed E-state index contributed by atoms with van der Waals surface area (Å²) in [5.41, 5.74) is 3.55. The third-order valence-electron chi connectivity index (χ3n) is 6.09. The highest BCUT2D eigenvalue weighted by molar-refractivity contribution is 14.1. The van der Waals surface area contributed by atoms with Gasteiger partial charge >= 0.3 is 0 Å². The number of hydrogen-bond donors (Lipinski definition) is 1. The Morgan fingerprint density at radius 1 is 1.36 bits per heavy atom. The Balaban J connectivity index is 2.02. The molecule has 124 valence electrons. The van der Waals surface area contributed by atoms with E-state index in [9.17, 15) is 5.11 Å². The normalized spacial score (nSPS) is 35.4. The summed E-state index contributed by atoms with van der Waals surface area (Å²) in [6.07, 6.45) is 8.24. The SMILES string of the molecule is CC1=C(CCCCI)C2=CC[Si](C)(C)O[C@@H]2[C@](C)(O)C12CC2. The van der Waals surface area contributed by atoms with Gasteiger partial charge in [-0.2, -0.15) is 0 Å². The summed E-state index contributed by atoms with van der Waals surface area (Å²) < 4.78 is 7.77. The quantitative estimate of drug-likeness (QED) is 0.294. The van der Waals surface area contributed by atoms with Gasteiger partial charge in [-0.1, -0.05) is 34.2 Å². The van der Waals surface area contributed by atoms with Gasteiger partial charge in [-0.25, -0.2) is 0 Å². The van der Waals surface area contributed by atoms with Gasteiger partial charge in [0.1, 0.15) is 5.60 Å². The monoisotopic (exact) mass is 432 g/mol. The minimum Gasteiger partial charge on any atom is -0.407 e. The van der Waals surface area contributed by atoms with E-state index in [0.29, 0.717) is 0 Å². The fourth-order valence-electron chi connectivity index (χ4n) is 4.46. The van der Waals surface area contributed by atoms with Crippen LogP contribution >= 0.6 is 22.6 Å². The molecule has 0 saturated heterocycles. The van der Waals surface area contributed by atoms with Gasteiger partial charge in [0, 0.05) is 5.41 Å². The Morgan fingerprint density at radius 3 is 2.64 bits per heavy atom. The predicted octanol–water partition coefficient (Wildman–Crippen LogP) is 4.98. The molecule has 1 aliphatic heterocycles. The van der Waals surface area contributed by atoms with E-state index < -0.39 is 13.9 Å². The summed E-state index contributed by atoms with van der Waals surface area (Å²) in [7, 11) is -1.67. The first kappa shape index (κ1) is 17.2. The number of hydrogen-bond acceptors (Lipinski definition) is 2. The maximum atomic E-state index is 11.4. The number of unbranched alkanes of at least 4 members (excludes halogenated alkanes) is 1. The van der Waals surface area contributed by atoms with Crippen molar-refractivity contribution in [2.75, 3.05) is 4.43 Å². The van der Waals surface area contributed by atoms with Crippen LogP contribution in [0.2, 0.25) is 19.1 Å². The van der Waals surface area contributed by atoms with Gasteiger partial charge in [-0.05, 0) is 80.7 Å². The summed E-state index contributed by atoms with van der Waals surface area (Å²) >= 11 is 2.46. The average Bonchev–Trinajstić information content (AvgIpc) is 3.23. The molecule has 4 heteroatoms. The summed E-state index contributed by atoms with van der Waals surface area (Å²) in [4.78, 5) is 0. The highest BCUT2D eigenvalue weighted by Gasteiger charge is 2.65. The van der Waals surface area contributed by atoms with Crippen LogP contribution in [0.5, 0.6) is 0 Å². The zero-order chi connectivity index (χ0) is 16.2. The van der Waals surface area contributed by atoms with Crippen molar-refractivity contribution in [3.8, 4) is 0 Å². The second-order valence-electron chi connectivity index (χ2n) is 8.10. The number of rotatable bonds is 4. The van der Waals surface area contributed by atoms with E-state index in [1.165, 1.54) is 34.0 Å². The molecule has 3 rings (SSSR count). The smallest absolute Gasteiger partial charge is 0.191 e. The second-order valence-corrected chi connectivity index (χ2v) is 13.3. The second kappa shape index (κ2) is 5.71. The maximum Gasteiger partial charge on any atom is 0.191 e. The lowest BCUT2D eigenvalue weighted by Crippen LogP contribution is -2.58. The molecule has 1 heterocycles. The summed E-state index contributed by atoms with van der Waals surface area (Å²) in [5, 5.41) is 11.4. The van der Waals surface area contributed by atoms with E-state index in [1.807, 2.05) is 6.92 Å². The van der Waals surface area contributed by atoms with Gasteiger partial charge in [0.25, 0.3) is 0 Å². The molecule has 3 aliphatic rings. The molecule has 0 amide bonds. The molecule has 1 N–H and O–H groups in total. The number of aliphatic hydroxyl groups is 1. The van der Waals surface area contributed by atoms with Crippen LogP contribution in [0.15, 0.2) is 22.8 Å². The van der Waals surface area contributed by atoms with E-state index in [4.69, 9.17) is 4.43 Å². The maximum absolute atomic E-state index is 11.4. The fourth-order valence-corrected chi connectivity index (χ4v) is 6.80. The van der Waals surface area contributed by atoms with Crippen molar-refractivity contribution in [1.29, 1.82) is 0 Å². The molecule has 22 heavy (non-hydrogen) atoms. The summed E-state index contributed by atoms with van der Waals surface area (Å²) in [6.45, 7) is 8.85. The molecule has 0 unspecified atom stereocenters. The Labute approximate surface area is 149 Å². The molecule has 2 aliphatic carbocycles. The van der Waals surface area contributed by atoms with Crippen molar-refractivity contribution in [2.24, 2.45) is 5.41 Å². The largest absolute Gasteiger partial charge is 0.407 e. The number of halogens is 1.